The smallest absolute Gasteiger partial charge is 0.127 e. The Hall–Kier alpha value is -0.490. The van der Waals surface area contributed by atoms with Gasteiger partial charge in [-0.25, -0.2) is 4.39 Å². The third kappa shape index (κ3) is 4.02. The summed E-state index contributed by atoms with van der Waals surface area (Å²) in [6.45, 7) is 4.57. The van der Waals surface area contributed by atoms with Crippen molar-refractivity contribution in [3.8, 4) is 0 Å². The van der Waals surface area contributed by atoms with Crippen molar-refractivity contribution >= 4 is 15.9 Å². The van der Waals surface area contributed by atoms with Crippen molar-refractivity contribution in [2.45, 2.75) is 12.6 Å². The summed E-state index contributed by atoms with van der Waals surface area (Å²) in [5.74, 6) is -0.153. The summed E-state index contributed by atoms with van der Waals surface area (Å²) < 4.78 is 14.4. The number of nitrogens with zero attached hydrogens (tertiary/aromatic N) is 1. The summed E-state index contributed by atoms with van der Waals surface area (Å²) in [6, 6.07) is 5.48. The van der Waals surface area contributed by atoms with Crippen LogP contribution in [0.5, 0.6) is 0 Å². The van der Waals surface area contributed by atoms with Crippen LogP contribution < -0.4 is 10.6 Å². The average Bonchev–Trinajstić information content (AvgIpc) is 2.34. The lowest BCUT2D eigenvalue weighted by Gasteiger charge is -2.31. The number of halogens is 2. The van der Waals surface area contributed by atoms with Crippen LogP contribution in [0.15, 0.2) is 22.7 Å². The van der Waals surface area contributed by atoms with Gasteiger partial charge in [0.2, 0.25) is 0 Å². The van der Waals surface area contributed by atoms with Crippen LogP contribution in [0.2, 0.25) is 0 Å². The lowest BCUT2D eigenvalue weighted by atomic mass is 10.2. The highest BCUT2D eigenvalue weighted by Gasteiger charge is 2.15. The van der Waals surface area contributed by atoms with E-state index in [1.807, 2.05) is 6.07 Å². The van der Waals surface area contributed by atoms with E-state index in [2.05, 4.69) is 38.5 Å². The molecule has 1 aliphatic rings. The fourth-order valence-electron chi connectivity index (χ4n) is 2.19. The molecule has 3 nitrogen and oxygen atoms in total. The number of rotatable bonds is 4. The summed E-state index contributed by atoms with van der Waals surface area (Å²) >= 11 is 3.36. The van der Waals surface area contributed by atoms with Gasteiger partial charge < -0.3 is 15.5 Å². The Bertz CT molecular complexity index is 400. The predicted molar refractivity (Wildman–Crippen MR) is 75.1 cm³/mol. The second-order valence-corrected chi connectivity index (χ2v) is 5.70. The van der Waals surface area contributed by atoms with Crippen molar-refractivity contribution in [1.82, 2.24) is 15.5 Å². The molecular formula is C13H19BrFN3. The van der Waals surface area contributed by atoms with Gasteiger partial charge in [-0.3, -0.25) is 0 Å². The first-order valence-corrected chi connectivity index (χ1v) is 7.01. The molecule has 1 aromatic rings. The van der Waals surface area contributed by atoms with Gasteiger partial charge in [0.05, 0.1) is 0 Å². The van der Waals surface area contributed by atoms with E-state index in [0.717, 1.165) is 30.7 Å². The summed E-state index contributed by atoms with van der Waals surface area (Å²) in [4.78, 5) is 2.31. The maximum Gasteiger partial charge on any atom is 0.127 e. The van der Waals surface area contributed by atoms with Crippen molar-refractivity contribution in [2.24, 2.45) is 0 Å². The van der Waals surface area contributed by atoms with Crippen LogP contribution in [0.1, 0.15) is 5.56 Å². The third-order valence-electron chi connectivity index (χ3n) is 3.17. The molecule has 1 fully saturated rings. The monoisotopic (exact) mass is 315 g/mol. The van der Waals surface area contributed by atoms with Crippen LogP contribution in [-0.4, -0.2) is 44.2 Å². The second kappa shape index (κ2) is 6.61. The zero-order chi connectivity index (χ0) is 13.0. The molecule has 0 bridgehead atoms. The first-order chi connectivity index (χ1) is 8.65. The van der Waals surface area contributed by atoms with Crippen molar-refractivity contribution in [1.29, 1.82) is 0 Å². The molecule has 0 aliphatic carbocycles. The lowest BCUT2D eigenvalue weighted by Crippen LogP contribution is -2.53. The minimum atomic E-state index is -0.153. The van der Waals surface area contributed by atoms with Gasteiger partial charge in [-0.15, -0.1) is 0 Å². The molecule has 18 heavy (non-hydrogen) atoms. The second-order valence-electron chi connectivity index (χ2n) is 4.78. The minimum Gasteiger partial charge on any atom is -0.311 e. The molecule has 0 aromatic heterocycles. The van der Waals surface area contributed by atoms with Crippen molar-refractivity contribution in [3.05, 3.63) is 34.1 Å². The van der Waals surface area contributed by atoms with E-state index in [-0.39, 0.29) is 5.82 Å². The van der Waals surface area contributed by atoms with E-state index in [1.165, 1.54) is 6.07 Å². The summed E-state index contributed by atoms with van der Waals surface area (Å²) in [6.07, 6.45) is 0. The topological polar surface area (TPSA) is 27.3 Å². The summed E-state index contributed by atoms with van der Waals surface area (Å²) in [5.41, 5.74) is 0.702. The maximum atomic E-state index is 13.5. The Morgan fingerprint density at radius 2 is 2.39 bits per heavy atom. The van der Waals surface area contributed by atoms with Gasteiger partial charge in [-0.1, -0.05) is 15.9 Å². The fraction of sp³-hybridized carbons (Fsp3) is 0.538. The number of likely N-dealkylation sites (N-methyl/N-ethyl adjacent to an activating group) is 1. The average molecular weight is 316 g/mol. The molecule has 1 atom stereocenters. The first kappa shape index (κ1) is 13.9. The quantitative estimate of drug-likeness (QED) is 0.883. The van der Waals surface area contributed by atoms with Crippen LogP contribution >= 0.6 is 15.9 Å². The normalized spacial score (nSPS) is 21.2. The highest BCUT2D eigenvalue weighted by Crippen LogP contribution is 2.15. The van der Waals surface area contributed by atoms with Gasteiger partial charge in [-0.05, 0) is 25.2 Å². The zero-order valence-electron chi connectivity index (χ0n) is 10.5. The van der Waals surface area contributed by atoms with Crippen molar-refractivity contribution < 1.29 is 4.39 Å². The van der Waals surface area contributed by atoms with Gasteiger partial charge in [0.1, 0.15) is 5.82 Å². The summed E-state index contributed by atoms with van der Waals surface area (Å²) in [5, 5.41) is 6.76. The number of piperazine rings is 1. The molecule has 0 radical (unpaired) electrons. The van der Waals surface area contributed by atoms with E-state index in [0.29, 0.717) is 18.2 Å². The Kier molecular flexibility index (Phi) is 5.12. The predicted octanol–water partition coefficient (Wildman–Crippen LogP) is 1.58. The van der Waals surface area contributed by atoms with Crippen LogP contribution in [0, 0.1) is 5.82 Å². The van der Waals surface area contributed by atoms with Crippen molar-refractivity contribution in [2.75, 3.05) is 33.2 Å². The number of hydrogen-bond acceptors (Lipinski definition) is 3. The lowest BCUT2D eigenvalue weighted by molar-refractivity contribution is 0.235. The standard InChI is InChI=1S/C13H19BrFN3/c1-18-5-4-17-12(9-18)8-16-7-10-6-11(14)2-3-13(10)15/h2-3,6,12,16-17H,4-5,7-9H2,1H3. The van der Waals surface area contributed by atoms with Gasteiger partial charge in [0, 0.05) is 48.8 Å². The molecule has 1 aliphatic heterocycles. The molecular weight excluding hydrogens is 297 g/mol. The third-order valence-corrected chi connectivity index (χ3v) is 3.67. The van der Waals surface area contributed by atoms with Gasteiger partial charge >= 0.3 is 0 Å². The Morgan fingerprint density at radius 3 is 3.17 bits per heavy atom. The van der Waals surface area contributed by atoms with Crippen molar-refractivity contribution in [3.63, 3.8) is 0 Å². The number of hydrogen-bond donors (Lipinski definition) is 2. The Labute approximate surface area is 116 Å². The molecule has 1 aromatic carbocycles. The Morgan fingerprint density at radius 1 is 1.56 bits per heavy atom. The fourth-order valence-corrected chi connectivity index (χ4v) is 2.60. The number of benzene rings is 1. The van der Waals surface area contributed by atoms with E-state index in [4.69, 9.17) is 0 Å². The van der Waals surface area contributed by atoms with Crippen LogP contribution in [0.4, 0.5) is 4.39 Å². The molecule has 2 N–H and O–H groups in total. The first-order valence-electron chi connectivity index (χ1n) is 6.22. The highest BCUT2D eigenvalue weighted by atomic mass is 79.9. The molecule has 0 amide bonds. The van der Waals surface area contributed by atoms with E-state index < -0.39 is 0 Å². The molecule has 100 valence electrons. The maximum absolute atomic E-state index is 13.5. The van der Waals surface area contributed by atoms with Crippen LogP contribution in [-0.2, 0) is 6.54 Å². The van der Waals surface area contributed by atoms with Crippen LogP contribution in [0.3, 0.4) is 0 Å². The van der Waals surface area contributed by atoms with Gasteiger partial charge in [0.25, 0.3) is 0 Å². The molecule has 1 heterocycles. The zero-order valence-corrected chi connectivity index (χ0v) is 12.1. The molecule has 1 unspecified atom stereocenters. The minimum absolute atomic E-state index is 0.153. The SMILES string of the molecule is CN1CCNC(CNCc2cc(Br)ccc2F)C1. The Balaban J connectivity index is 1.79. The highest BCUT2D eigenvalue weighted by molar-refractivity contribution is 9.10. The molecule has 2 rings (SSSR count). The molecule has 5 heteroatoms. The number of nitrogens with one attached hydrogen (secondary N) is 2. The van der Waals surface area contributed by atoms with E-state index >= 15 is 0 Å². The summed E-state index contributed by atoms with van der Waals surface area (Å²) in [7, 11) is 2.13. The van der Waals surface area contributed by atoms with Gasteiger partial charge in [0.15, 0.2) is 0 Å². The molecule has 0 spiro atoms. The van der Waals surface area contributed by atoms with E-state index in [9.17, 15) is 4.39 Å². The molecule has 0 saturated carbocycles. The molecule has 1 saturated heterocycles. The van der Waals surface area contributed by atoms with Gasteiger partial charge in [-0.2, -0.15) is 0 Å². The van der Waals surface area contributed by atoms with Crippen LogP contribution in [0.25, 0.3) is 0 Å². The largest absolute Gasteiger partial charge is 0.311 e. The van der Waals surface area contributed by atoms with E-state index in [1.54, 1.807) is 6.07 Å².